The third-order valence-electron chi connectivity index (χ3n) is 5.91. The Morgan fingerprint density at radius 3 is 2.69 bits per heavy atom. The van der Waals surface area contributed by atoms with Crippen LogP contribution >= 0.6 is 0 Å². The van der Waals surface area contributed by atoms with Gasteiger partial charge in [-0.3, -0.25) is 4.79 Å². The molecule has 1 amide bonds. The third kappa shape index (κ3) is 3.97. The van der Waals surface area contributed by atoms with Crippen LogP contribution in [0.4, 0.5) is 0 Å². The Hall–Kier alpha value is -2.17. The lowest BCUT2D eigenvalue weighted by atomic mass is 9.88. The van der Waals surface area contributed by atoms with E-state index in [2.05, 4.69) is 43.9 Å². The Bertz CT molecular complexity index is 721. The maximum Gasteiger partial charge on any atom is 0.225 e. The van der Waals surface area contributed by atoms with E-state index in [-0.39, 0.29) is 5.92 Å². The third-order valence-corrected chi connectivity index (χ3v) is 5.91. The van der Waals surface area contributed by atoms with Gasteiger partial charge in [0.25, 0.3) is 0 Å². The van der Waals surface area contributed by atoms with Gasteiger partial charge in [-0.2, -0.15) is 0 Å². The molecule has 1 aliphatic carbocycles. The standard InChI is InChI=1S/C21H28N4O/c26-21(19-9-5-2-6-10-19)24-12-11-18(15-24)13-20-23-22-16-25(20)14-17-7-3-1-4-8-17/h1,3-4,7-8,16,18-19H,2,5-6,9-15H2. The van der Waals surface area contributed by atoms with Crippen LogP contribution in [0.15, 0.2) is 36.7 Å². The van der Waals surface area contributed by atoms with E-state index in [0.29, 0.717) is 11.8 Å². The topological polar surface area (TPSA) is 51.0 Å². The lowest BCUT2D eigenvalue weighted by molar-refractivity contribution is -0.135. The lowest BCUT2D eigenvalue weighted by Gasteiger charge is -2.26. The second kappa shape index (κ2) is 8.02. The number of hydrogen-bond acceptors (Lipinski definition) is 3. The van der Waals surface area contributed by atoms with Crippen LogP contribution in [-0.4, -0.2) is 38.7 Å². The van der Waals surface area contributed by atoms with Crippen LogP contribution < -0.4 is 0 Å². The fourth-order valence-electron chi connectivity index (χ4n) is 4.41. The molecule has 138 valence electrons. The van der Waals surface area contributed by atoms with E-state index in [9.17, 15) is 4.79 Å². The zero-order chi connectivity index (χ0) is 17.8. The summed E-state index contributed by atoms with van der Waals surface area (Å²) in [6.07, 6.45) is 9.72. The predicted molar refractivity (Wildman–Crippen MR) is 101 cm³/mol. The van der Waals surface area contributed by atoms with Crippen molar-refractivity contribution in [2.45, 2.75) is 51.5 Å². The Morgan fingerprint density at radius 1 is 1.08 bits per heavy atom. The van der Waals surface area contributed by atoms with E-state index in [4.69, 9.17) is 0 Å². The van der Waals surface area contributed by atoms with Gasteiger partial charge in [-0.1, -0.05) is 49.6 Å². The van der Waals surface area contributed by atoms with Crippen molar-refractivity contribution in [2.24, 2.45) is 11.8 Å². The first-order valence-electron chi connectivity index (χ1n) is 9.99. The van der Waals surface area contributed by atoms with Crippen LogP contribution in [0, 0.1) is 11.8 Å². The number of likely N-dealkylation sites (tertiary alicyclic amines) is 1. The summed E-state index contributed by atoms with van der Waals surface area (Å²) >= 11 is 0. The van der Waals surface area contributed by atoms with Crippen LogP contribution in [0.2, 0.25) is 0 Å². The van der Waals surface area contributed by atoms with E-state index >= 15 is 0 Å². The van der Waals surface area contributed by atoms with Crippen molar-refractivity contribution < 1.29 is 4.79 Å². The molecule has 1 unspecified atom stereocenters. The fraction of sp³-hybridized carbons (Fsp3) is 0.571. The summed E-state index contributed by atoms with van der Waals surface area (Å²) in [5, 5.41) is 8.47. The summed E-state index contributed by atoms with van der Waals surface area (Å²) in [4.78, 5) is 14.9. The van der Waals surface area contributed by atoms with Crippen molar-refractivity contribution in [3.05, 3.63) is 48.0 Å². The van der Waals surface area contributed by atoms with Gasteiger partial charge in [0.15, 0.2) is 0 Å². The monoisotopic (exact) mass is 352 g/mol. The van der Waals surface area contributed by atoms with E-state index in [1.54, 1.807) is 0 Å². The van der Waals surface area contributed by atoms with Gasteiger partial charge < -0.3 is 9.47 Å². The van der Waals surface area contributed by atoms with Gasteiger partial charge in [-0.15, -0.1) is 10.2 Å². The van der Waals surface area contributed by atoms with Crippen molar-refractivity contribution in [1.29, 1.82) is 0 Å². The van der Waals surface area contributed by atoms with E-state index < -0.39 is 0 Å². The number of nitrogens with zero attached hydrogens (tertiary/aromatic N) is 4. The Balaban J connectivity index is 1.34. The largest absolute Gasteiger partial charge is 0.342 e. The predicted octanol–water partition coefficient (Wildman–Crippen LogP) is 3.30. The van der Waals surface area contributed by atoms with Crippen LogP contribution in [0.1, 0.15) is 49.9 Å². The molecule has 0 N–H and O–H groups in total. The molecule has 5 nitrogen and oxygen atoms in total. The minimum atomic E-state index is 0.282. The molecule has 4 rings (SSSR count). The number of benzene rings is 1. The summed E-state index contributed by atoms with van der Waals surface area (Å²) in [6.45, 7) is 2.60. The summed E-state index contributed by atoms with van der Waals surface area (Å²) in [6, 6.07) is 10.4. The number of carbonyl (C=O) groups is 1. The Kier molecular flexibility index (Phi) is 5.32. The highest BCUT2D eigenvalue weighted by atomic mass is 16.2. The zero-order valence-electron chi connectivity index (χ0n) is 15.4. The van der Waals surface area contributed by atoms with Crippen LogP contribution in [0.25, 0.3) is 0 Å². The number of carbonyl (C=O) groups excluding carboxylic acids is 1. The Morgan fingerprint density at radius 2 is 1.88 bits per heavy atom. The van der Waals surface area contributed by atoms with Crippen molar-refractivity contribution in [2.75, 3.05) is 13.1 Å². The van der Waals surface area contributed by atoms with Gasteiger partial charge >= 0.3 is 0 Å². The molecule has 5 heteroatoms. The van der Waals surface area contributed by atoms with Crippen molar-refractivity contribution in [3.8, 4) is 0 Å². The first-order valence-corrected chi connectivity index (χ1v) is 9.99. The van der Waals surface area contributed by atoms with E-state index in [0.717, 1.165) is 51.1 Å². The second-order valence-electron chi connectivity index (χ2n) is 7.84. The fourth-order valence-corrected chi connectivity index (χ4v) is 4.41. The highest BCUT2D eigenvalue weighted by molar-refractivity contribution is 5.79. The smallest absolute Gasteiger partial charge is 0.225 e. The molecule has 2 aliphatic rings. The molecule has 0 radical (unpaired) electrons. The molecule has 1 aromatic carbocycles. The van der Waals surface area contributed by atoms with Crippen LogP contribution in [0.5, 0.6) is 0 Å². The number of hydrogen-bond donors (Lipinski definition) is 0. The normalized spacial score (nSPS) is 21.2. The Labute approximate surface area is 155 Å². The van der Waals surface area contributed by atoms with Gasteiger partial charge in [-0.25, -0.2) is 0 Å². The highest BCUT2D eigenvalue weighted by Gasteiger charge is 2.32. The summed E-state index contributed by atoms with van der Waals surface area (Å²) < 4.78 is 2.14. The summed E-state index contributed by atoms with van der Waals surface area (Å²) in [5.41, 5.74) is 1.26. The molecule has 0 spiro atoms. The van der Waals surface area contributed by atoms with Crippen molar-refractivity contribution in [1.82, 2.24) is 19.7 Å². The second-order valence-corrected chi connectivity index (χ2v) is 7.84. The van der Waals surface area contributed by atoms with Gasteiger partial charge in [0.2, 0.25) is 5.91 Å². The molecule has 2 aromatic rings. The molecule has 2 fully saturated rings. The van der Waals surface area contributed by atoms with Crippen molar-refractivity contribution in [3.63, 3.8) is 0 Å². The lowest BCUT2D eigenvalue weighted by Crippen LogP contribution is -2.35. The number of amides is 1. The minimum absolute atomic E-state index is 0.282. The molecule has 1 aliphatic heterocycles. The maximum atomic E-state index is 12.7. The molecule has 2 heterocycles. The zero-order valence-corrected chi connectivity index (χ0v) is 15.4. The molecule has 1 atom stereocenters. The molecule has 0 bridgehead atoms. The maximum absolute atomic E-state index is 12.7. The average molecular weight is 352 g/mol. The summed E-state index contributed by atoms with van der Waals surface area (Å²) in [5.74, 6) is 2.22. The van der Waals surface area contributed by atoms with Gasteiger partial charge in [0.1, 0.15) is 12.2 Å². The summed E-state index contributed by atoms with van der Waals surface area (Å²) in [7, 11) is 0. The van der Waals surface area contributed by atoms with Gasteiger partial charge in [0.05, 0.1) is 6.54 Å². The average Bonchev–Trinajstić information content (AvgIpc) is 3.33. The van der Waals surface area contributed by atoms with Crippen LogP contribution in [-0.2, 0) is 17.8 Å². The van der Waals surface area contributed by atoms with Gasteiger partial charge in [0, 0.05) is 25.4 Å². The number of aromatic nitrogens is 3. The van der Waals surface area contributed by atoms with E-state index in [1.807, 2.05) is 12.4 Å². The van der Waals surface area contributed by atoms with E-state index in [1.165, 1.54) is 24.8 Å². The highest BCUT2D eigenvalue weighted by Crippen LogP contribution is 2.28. The van der Waals surface area contributed by atoms with Crippen LogP contribution in [0.3, 0.4) is 0 Å². The first-order chi connectivity index (χ1) is 12.8. The number of rotatable bonds is 5. The molecular formula is C21H28N4O. The molecular weight excluding hydrogens is 324 g/mol. The quantitative estimate of drug-likeness (QED) is 0.830. The first kappa shape index (κ1) is 17.3. The molecule has 1 saturated carbocycles. The molecule has 26 heavy (non-hydrogen) atoms. The minimum Gasteiger partial charge on any atom is -0.342 e. The van der Waals surface area contributed by atoms with Gasteiger partial charge in [-0.05, 0) is 30.7 Å². The van der Waals surface area contributed by atoms with Crippen molar-refractivity contribution >= 4 is 5.91 Å². The SMILES string of the molecule is O=C(C1CCCCC1)N1CCC(Cc2nncn2Cc2ccccc2)C1. The molecule has 1 saturated heterocycles. The molecule has 1 aromatic heterocycles.